The van der Waals surface area contributed by atoms with E-state index in [4.69, 9.17) is 0 Å². The predicted molar refractivity (Wildman–Crippen MR) is 85.5 cm³/mol. The average molecular weight is 287 g/mol. The number of benzene rings is 1. The number of thiazole rings is 1. The maximum atomic E-state index is 4.46. The molecule has 0 radical (unpaired) electrons. The fourth-order valence-corrected chi connectivity index (χ4v) is 3.54. The van der Waals surface area contributed by atoms with Gasteiger partial charge in [-0.3, -0.25) is 0 Å². The monoisotopic (exact) mass is 287 g/mol. The van der Waals surface area contributed by atoms with Crippen molar-refractivity contribution in [1.29, 1.82) is 0 Å². The van der Waals surface area contributed by atoms with Gasteiger partial charge in [-0.25, -0.2) is 4.98 Å². The number of rotatable bonds is 5. The lowest BCUT2D eigenvalue weighted by Crippen LogP contribution is -2.26. The van der Waals surface area contributed by atoms with Crippen molar-refractivity contribution < 1.29 is 0 Å². The van der Waals surface area contributed by atoms with Crippen LogP contribution in [0.1, 0.15) is 34.7 Å². The van der Waals surface area contributed by atoms with Gasteiger partial charge in [0.15, 0.2) is 0 Å². The van der Waals surface area contributed by atoms with Crippen molar-refractivity contribution in [2.45, 2.75) is 32.2 Å². The molecule has 1 aromatic heterocycles. The van der Waals surface area contributed by atoms with E-state index >= 15 is 0 Å². The molecule has 2 N–H and O–H groups in total. The first-order valence-corrected chi connectivity index (χ1v) is 8.15. The van der Waals surface area contributed by atoms with Gasteiger partial charge in [-0.2, -0.15) is 0 Å². The fraction of sp³-hybridized carbons (Fsp3) is 0.438. The zero-order valence-electron chi connectivity index (χ0n) is 11.9. The molecule has 0 aliphatic carbocycles. The Morgan fingerprint density at radius 1 is 1.40 bits per heavy atom. The van der Waals surface area contributed by atoms with Crippen LogP contribution in [-0.2, 0) is 13.0 Å². The van der Waals surface area contributed by atoms with E-state index in [2.05, 4.69) is 46.8 Å². The predicted octanol–water partition coefficient (Wildman–Crippen LogP) is 3.39. The fourth-order valence-electron chi connectivity index (χ4n) is 2.71. The van der Waals surface area contributed by atoms with Gasteiger partial charge in [0.2, 0.25) is 0 Å². The number of aromatic nitrogens is 1. The van der Waals surface area contributed by atoms with Crippen molar-refractivity contribution in [3.8, 4) is 0 Å². The van der Waals surface area contributed by atoms with E-state index < -0.39 is 0 Å². The molecule has 3 rings (SSSR count). The van der Waals surface area contributed by atoms with Crippen LogP contribution in [0.15, 0.2) is 30.5 Å². The maximum Gasteiger partial charge on any atom is 0.107 e. The minimum absolute atomic E-state index is 0.609. The molecule has 0 fully saturated rings. The number of nitrogens with zero attached hydrogens (tertiary/aromatic N) is 1. The van der Waals surface area contributed by atoms with Crippen LogP contribution in [0.2, 0.25) is 0 Å². The number of nitrogens with one attached hydrogen (secondary N) is 2. The van der Waals surface area contributed by atoms with Crippen molar-refractivity contribution >= 4 is 17.0 Å². The van der Waals surface area contributed by atoms with Crippen LogP contribution in [0, 0.1) is 0 Å². The first-order valence-electron chi connectivity index (χ1n) is 7.34. The molecule has 0 amide bonds. The molecule has 0 spiro atoms. The van der Waals surface area contributed by atoms with Crippen LogP contribution in [0.25, 0.3) is 0 Å². The maximum absolute atomic E-state index is 4.46. The molecular weight excluding hydrogens is 266 g/mol. The van der Waals surface area contributed by atoms with Crippen LogP contribution in [-0.4, -0.2) is 18.1 Å². The molecule has 0 bridgehead atoms. The van der Waals surface area contributed by atoms with Crippen LogP contribution < -0.4 is 10.6 Å². The summed E-state index contributed by atoms with van der Waals surface area (Å²) in [6, 6.07) is 8.65. The Balaban J connectivity index is 1.57. The topological polar surface area (TPSA) is 37.0 Å². The summed E-state index contributed by atoms with van der Waals surface area (Å²) >= 11 is 1.82. The zero-order chi connectivity index (χ0) is 13.8. The lowest BCUT2D eigenvalue weighted by molar-refractivity contribution is 0.551. The molecular formula is C16H21N3S. The average Bonchev–Trinajstić information content (AvgIpc) is 2.95. The van der Waals surface area contributed by atoms with E-state index in [9.17, 15) is 0 Å². The highest BCUT2D eigenvalue weighted by Gasteiger charge is 2.18. The van der Waals surface area contributed by atoms with Crippen LogP contribution >= 0.6 is 11.3 Å². The van der Waals surface area contributed by atoms with Gasteiger partial charge in [-0.15, -0.1) is 11.3 Å². The van der Waals surface area contributed by atoms with Crippen molar-refractivity contribution in [3.63, 3.8) is 0 Å². The van der Waals surface area contributed by atoms with E-state index in [1.807, 2.05) is 17.5 Å². The Hall–Kier alpha value is -1.39. The van der Waals surface area contributed by atoms with E-state index in [1.165, 1.54) is 27.6 Å². The van der Waals surface area contributed by atoms with Gasteiger partial charge >= 0.3 is 0 Å². The molecule has 1 aliphatic rings. The summed E-state index contributed by atoms with van der Waals surface area (Å²) in [7, 11) is 0. The highest BCUT2D eigenvalue weighted by Crippen LogP contribution is 2.30. The third-order valence-electron chi connectivity index (χ3n) is 3.83. The van der Waals surface area contributed by atoms with Crippen molar-refractivity contribution in [3.05, 3.63) is 45.9 Å². The van der Waals surface area contributed by atoms with Gasteiger partial charge in [0.05, 0.1) is 0 Å². The zero-order valence-corrected chi connectivity index (χ0v) is 12.7. The summed E-state index contributed by atoms with van der Waals surface area (Å²) in [5.74, 6) is 0.609. The molecule has 1 aromatic carbocycles. The first-order chi connectivity index (χ1) is 9.86. The second-order valence-electron chi connectivity index (χ2n) is 5.20. The molecule has 106 valence electrons. The van der Waals surface area contributed by atoms with Crippen LogP contribution in [0.5, 0.6) is 0 Å². The number of anilines is 1. The molecule has 2 heterocycles. The Kier molecular flexibility index (Phi) is 4.33. The van der Waals surface area contributed by atoms with Crippen molar-refractivity contribution in [2.75, 3.05) is 18.4 Å². The number of hydrogen-bond donors (Lipinski definition) is 2. The molecule has 0 saturated carbocycles. The Labute approximate surface area is 124 Å². The standard InChI is InChI=1S/C16H21N3S/c1-2-13-10-19-16(20-13)11-17-9-12-7-8-18-15-6-4-3-5-14(12)15/h3-6,10,12,17-18H,2,7-9,11H2,1H3. The summed E-state index contributed by atoms with van der Waals surface area (Å²) in [5.41, 5.74) is 2.74. The Morgan fingerprint density at radius 2 is 2.30 bits per heavy atom. The van der Waals surface area contributed by atoms with Crippen LogP contribution in [0.3, 0.4) is 0 Å². The minimum atomic E-state index is 0.609. The molecule has 3 nitrogen and oxygen atoms in total. The second kappa shape index (κ2) is 6.37. The van der Waals surface area contributed by atoms with Crippen LogP contribution in [0.4, 0.5) is 5.69 Å². The third kappa shape index (κ3) is 3.02. The van der Waals surface area contributed by atoms with E-state index in [1.54, 1.807) is 0 Å². The van der Waals surface area contributed by atoms with Gasteiger partial charge < -0.3 is 10.6 Å². The highest BCUT2D eigenvalue weighted by atomic mass is 32.1. The minimum Gasteiger partial charge on any atom is -0.385 e. The van der Waals surface area contributed by atoms with E-state index in [-0.39, 0.29) is 0 Å². The summed E-state index contributed by atoms with van der Waals surface area (Å²) in [6.45, 7) is 5.16. The number of hydrogen-bond acceptors (Lipinski definition) is 4. The largest absolute Gasteiger partial charge is 0.385 e. The van der Waals surface area contributed by atoms with E-state index in [0.717, 1.165) is 26.1 Å². The summed E-state index contributed by atoms with van der Waals surface area (Å²) in [6.07, 6.45) is 4.28. The molecule has 1 aliphatic heterocycles. The summed E-state index contributed by atoms with van der Waals surface area (Å²) in [4.78, 5) is 5.83. The number of para-hydroxylation sites is 1. The van der Waals surface area contributed by atoms with Gasteiger partial charge in [-0.1, -0.05) is 25.1 Å². The number of aryl methyl sites for hydroxylation is 1. The molecule has 0 saturated heterocycles. The normalized spacial score (nSPS) is 17.6. The highest BCUT2D eigenvalue weighted by molar-refractivity contribution is 7.11. The Bertz CT molecular complexity index is 564. The van der Waals surface area contributed by atoms with Gasteiger partial charge in [0.1, 0.15) is 5.01 Å². The van der Waals surface area contributed by atoms with Gasteiger partial charge in [0.25, 0.3) is 0 Å². The van der Waals surface area contributed by atoms with E-state index in [0.29, 0.717) is 5.92 Å². The molecule has 20 heavy (non-hydrogen) atoms. The summed E-state index contributed by atoms with van der Waals surface area (Å²) in [5, 5.41) is 8.24. The molecule has 1 unspecified atom stereocenters. The van der Waals surface area contributed by atoms with Gasteiger partial charge in [-0.05, 0) is 24.5 Å². The SMILES string of the molecule is CCc1cnc(CNCC2CCNc3ccccc32)s1. The lowest BCUT2D eigenvalue weighted by atomic mass is 9.91. The van der Waals surface area contributed by atoms with Crippen molar-refractivity contribution in [2.24, 2.45) is 0 Å². The summed E-state index contributed by atoms with van der Waals surface area (Å²) < 4.78 is 0. The molecule has 1 atom stereocenters. The first kappa shape index (κ1) is 13.6. The molecule has 4 heteroatoms. The second-order valence-corrected chi connectivity index (χ2v) is 6.40. The number of fused-ring (bicyclic) bond motifs is 1. The van der Waals surface area contributed by atoms with Gasteiger partial charge in [0, 0.05) is 42.3 Å². The lowest BCUT2D eigenvalue weighted by Gasteiger charge is -2.26. The Morgan fingerprint density at radius 3 is 3.15 bits per heavy atom. The smallest absolute Gasteiger partial charge is 0.107 e. The molecule has 2 aromatic rings. The third-order valence-corrected chi connectivity index (χ3v) is 4.97. The van der Waals surface area contributed by atoms with Crippen molar-refractivity contribution in [1.82, 2.24) is 10.3 Å². The quantitative estimate of drug-likeness (QED) is 0.885.